The maximum atomic E-state index is 10.9. The fourth-order valence-corrected chi connectivity index (χ4v) is 3.47. The number of aliphatic imine (C=N–C) groups is 1. The average Bonchev–Trinajstić information content (AvgIpc) is 2.51. The molecule has 3 N–H and O–H groups in total. The van der Waals surface area contributed by atoms with Gasteiger partial charge >= 0.3 is 0 Å². The standard InChI is InChI=1S/C17H34N4O2/c1-6-17(7-2)14(12-15(17)23-9-4)21-16(18-8-3)20-11-10-19-13(5)22/h14-15H,6-12H2,1-5H3,(H,19,22)(H2,18,20,21). The van der Waals surface area contributed by atoms with Gasteiger partial charge in [-0.3, -0.25) is 9.79 Å². The number of ether oxygens (including phenoxy) is 1. The van der Waals surface area contributed by atoms with E-state index in [2.05, 4.69) is 48.6 Å². The molecule has 0 aromatic rings. The molecule has 0 aromatic heterocycles. The molecule has 6 heteroatoms. The fourth-order valence-electron chi connectivity index (χ4n) is 3.47. The molecule has 1 saturated carbocycles. The first kappa shape index (κ1) is 19.7. The number of carbonyl (C=O) groups excluding carboxylic acids is 1. The quantitative estimate of drug-likeness (QED) is 0.342. The van der Waals surface area contributed by atoms with E-state index in [0.29, 0.717) is 25.2 Å². The van der Waals surface area contributed by atoms with E-state index in [1.165, 1.54) is 6.92 Å². The highest BCUT2D eigenvalue weighted by Gasteiger charge is 2.53. The van der Waals surface area contributed by atoms with Gasteiger partial charge in [0.2, 0.25) is 5.91 Å². The van der Waals surface area contributed by atoms with E-state index >= 15 is 0 Å². The Morgan fingerprint density at radius 2 is 1.91 bits per heavy atom. The van der Waals surface area contributed by atoms with Crippen LogP contribution in [-0.2, 0) is 9.53 Å². The zero-order valence-corrected chi connectivity index (χ0v) is 15.4. The molecule has 1 aliphatic carbocycles. The highest BCUT2D eigenvalue weighted by Crippen LogP contribution is 2.48. The molecule has 1 amide bonds. The lowest BCUT2D eigenvalue weighted by Crippen LogP contribution is -2.65. The summed E-state index contributed by atoms with van der Waals surface area (Å²) < 4.78 is 5.92. The second kappa shape index (κ2) is 9.75. The normalized spacial score (nSPS) is 23.1. The lowest BCUT2D eigenvalue weighted by Gasteiger charge is -2.55. The predicted octanol–water partition coefficient (Wildman–Crippen LogP) is 1.66. The van der Waals surface area contributed by atoms with Gasteiger partial charge in [0.05, 0.1) is 12.6 Å². The van der Waals surface area contributed by atoms with E-state index in [-0.39, 0.29) is 11.3 Å². The Kier molecular flexibility index (Phi) is 8.37. The second-order valence-electron chi connectivity index (χ2n) is 6.06. The van der Waals surface area contributed by atoms with Gasteiger partial charge in [-0.25, -0.2) is 0 Å². The Balaban J connectivity index is 2.64. The maximum absolute atomic E-state index is 10.9. The van der Waals surface area contributed by atoms with Crippen LogP contribution in [0.2, 0.25) is 0 Å². The molecule has 0 aliphatic heterocycles. The minimum atomic E-state index is -0.0207. The molecule has 1 rings (SSSR count). The summed E-state index contributed by atoms with van der Waals surface area (Å²) in [6.07, 6.45) is 3.54. The molecule has 0 bridgehead atoms. The van der Waals surface area contributed by atoms with Gasteiger partial charge in [0, 0.05) is 38.1 Å². The number of carbonyl (C=O) groups is 1. The summed E-state index contributed by atoms with van der Waals surface area (Å²) in [6.45, 7) is 12.8. The number of guanidine groups is 1. The van der Waals surface area contributed by atoms with Crippen LogP contribution in [-0.4, -0.2) is 50.3 Å². The van der Waals surface area contributed by atoms with Gasteiger partial charge in [-0.2, -0.15) is 0 Å². The summed E-state index contributed by atoms with van der Waals surface area (Å²) in [6, 6.07) is 0.382. The Morgan fingerprint density at radius 1 is 1.22 bits per heavy atom. The van der Waals surface area contributed by atoms with E-state index in [1.54, 1.807) is 0 Å². The van der Waals surface area contributed by atoms with Crippen LogP contribution >= 0.6 is 0 Å². The van der Waals surface area contributed by atoms with Gasteiger partial charge < -0.3 is 20.7 Å². The number of nitrogens with zero attached hydrogens (tertiary/aromatic N) is 1. The van der Waals surface area contributed by atoms with E-state index < -0.39 is 0 Å². The van der Waals surface area contributed by atoms with Crippen molar-refractivity contribution in [3.05, 3.63) is 0 Å². The van der Waals surface area contributed by atoms with Gasteiger partial charge in [-0.1, -0.05) is 13.8 Å². The first-order valence-corrected chi connectivity index (χ1v) is 8.94. The predicted molar refractivity (Wildman–Crippen MR) is 94.6 cm³/mol. The van der Waals surface area contributed by atoms with E-state index in [4.69, 9.17) is 4.74 Å². The van der Waals surface area contributed by atoms with Crippen molar-refractivity contribution >= 4 is 11.9 Å². The molecule has 0 radical (unpaired) electrons. The summed E-state index contributed by atoms with van der Waals surface area (Å²) in [4.78, 5) is 15.5. The average molecular weight is 326 g/mol. The highest BCUT2D eigenvalue weighted by atomic mass is 16.5. The summed E-state index contributed by atoms with van der Waals surface area (Å²) in [7, 11) is 0. The van der Waals surface area contributed by atoms with Gasteiger partial charge in [0.25, 0.3) is 0 Å². The van der Waals surface area contributed by atoms with E-state index in [1.807, 2.05) is 0 Å². The highest BCUT2D eigenvalue weighted by molar-refractivity contribution is 5.80. The van der Waals surface area contributed by atoms with Crippen molar-refractivity contribution in [3.8, 4) is 0 Å². The number of hydrogen-bond donors (Lipinski definition) is 3. The molecular formula is C17H34N4O2. The Hall–Kier alpha value is -1.30. The molecule has 1 aliphatic rings. The zero-order chi connectivity index (χ0) is 17.3. The molecule has 23 heavy (non-hydrogen) atoms. The third-order valence-corrected chi connectivity index (χ3v) is 4.88. The van der Waals surface area contributed by atoms with Crippen LogP contribution in [0.3, 0.4) is 0 Å². The minimum absolute atomic E-state index is 0.0207. The van der Waals surface area contributed by atoms with Crippen molar-refractivity contribution in [2.75, 3.05) is 26.2 Å². The van der Waals surface area contributed by atoms with Crippen LogP contribution < -0.4 is 16.0 Å². The van der Waals surface area contributed by atoms with Gasteiger partial charge in [-0.05, 0) is 33.1 Å². The van der Waals surface area contributed by atoms with Gasteiger partial charge in [0.1, 0.15) is 0 Å². The van der Waals surface area contributed by atoms with Crippen LogP contribution in [0.5, 0.6) is 0 Å². The smallest absolute Gasteiger partial charge is 0.216 e. The SMILES string of the molecule is CCNC(=NCCNC(C)=O)NC1CC(OCC)C1(CC)CC. The summed E-state index contributed by atoms with van der Waals surface area (Å²) >= 11 is 0. The van der Waals surface area contributed by atoms with Gasteiger partial charge in [0.15, 0.2) is 5.96 Å². The molecule has 2 unspecified atom stereocenters. The minimum Gasteiger partial charge on any atom is -0.378 e. The van der Waals surface area contributed by atoms with E-state index in [0.717, 1.165) is 38.4 Å². The zero-order valence-electron chi connectivity index (χ0n) is 15.4. The fraction of sp³-hybridized carbons (Fsp3) is 0.882. The molecule has 0 saturated heterocycles. The third kappa shape index (κ3) is 5.09. The molecule has 2 atom stereocenters. The summed E-state index contributed by atoms with van der Waals surface area (Å²) in [5, 5.41) is 9.62. The van der Waals surface area contributed by atoms with Gasteiger partial charge in [-0.15, -0.1) is 0 Å². The van der Waals surface area contributed by atoms with E-state index in [9.17, 15) is 4.79 Å². The van der Waals surface area contributed by atoms with Crippen LogP contribution in [0.4, 0.5) is 0 Å². The largest absolute Gasteiger partial charge is 0.378 e. The van der Waals surface area contributed by atoms with Crippen molar-refractivity contribution in [1.82, 2.24) is 16.0 Å². The number of hydrogen-bond acceptors (Lipinski definition) is 3. The topological polar surface area (TPSA) is 74.8 Å². The van der Waals surface area contributed by atoms with Crippen LogP contribution in [0, 0.1) is 5.41 Å². The lowest BCUT2D eigenvalue weighted by atomic mass is 9.58. The molecule has 134 valence electrons. The lowest BCUT2D eigenvalue weighted by molar-refractivity contribution is -0.133. The maximum Gasteiger partial charge on any atom is 0.216 e. The number of nitrogens with one attached hydrogen (secondary N) is 3. The molecule has 0 heterocycles. The second-order valence-corrected chi connectivity index (χ2v) is 6.06. The van der Waals surface area contributed by atoms with Crippen molar-refractivity contribution in [1.29, 1.82) is 0 Å². The monoisotopic (exact) mass is 326 g/mol. The molecule has 1 fully saturated rings. The van der Waals surface area contributed by atoms with Crippen LogP contribution in [0.15, 0.2) is 4.99 Å². The molecule has 6 nitrogen and oxygen atoms in total. The summed E-state index contributed by atoms with van der Waals surface area (Å²) in [5.74, 6) is 0.803. The Labute approximate surface area is 140 Å². The number of amides is 1. The Morgan fingerprint density at radius 3 is 2.43 bits per heavy atom. The summed E-state index contributed by atoms with van der Waals surface area (Å²) in [5.41, 5.74) is 0.184. The van der Waals surface area contributed by atoms with Crippen LogP contribution in [0.25, 0.3) is 0 Å². The number of rotatable bonds is 9. The van der Waals surface area contributed by atoms with Crippen molar-refractivity contribution in [2.45, 2.75) is 66.0 Å². The first-order valence-electron chi connectivity index (χ1n) is 8.94. The first-order chi connectivity index (χ1) is 11.0. The van der Waals surface area contributed by atoms with Crippen molar-refractivity contribution < 1.29 is 9.53 Å². The molecule has 0 spiro atoms. The van der Waals surface area contributed by atoms with Crippen molar-refractivity contribution in [2.24, 2.45) is 10.4 Å². The molecular weight excluding hydrogens is 292 g/mol. The van der Waals surface area contributed by atoms with Crippen molar-refractivity contribution in [3.63, 3.8) is 0 Å². The molecule has 0 aromatic carbocycles. The van der Waals surface area contributed by atoms with Crippen LogP contribution in [0.1, 0.15) is 53.9 Å². The Bertz CT molecular complexity index is 394. The third-order valence-electron chi connectivity index (χ3n) is 4.88.